The molecule has 0 radical (unpaired) electrons. The second-order valence-electron chi connectivity index (χ2n) is 5.79. The molecule has 0 aromatic heterocycles. The summed E-state index contributed by atoms with van der Waals surface area (Å²) in [6, 6.07) is 14.0. The predicted molar refractivity (Wildman–Crippen MR) is 89.8 cm³/mol. The van der Waals surface area contributed by atoms with Crippen LogP contribution in [0.25, 0.3) is 11.1 Å². The van der Waals surface area contributed by atoms with Crippen LogP contribution in [0.5, 0.6) is 5.75 Å². The van der Waals surface area contributed by atoms with Crippen molar-refractivity contribution in [1.29, 1.82) is 0 Å². The molecule has 0 saturated carbocycles. The number of fused-ring (bicyclic) bond motifs is 3. The minimum Gasteiger partial charge on any atom is -0.508 e. The molecule has 2 aromatic carbocycles. The van der Waals surface area contributed by atoms with Crippen LogP contribution in [0, 0.1) is 0 Å². The van der Waals surface area contributed by atoms with E-state index in [1.54, 1.807) is 6.07 Å². The summed E-state index contributed by atoms with van der Waals surface area (Å²) in [5, 5.41) is 9.70. The Morgan fingerprint density at radius 1 is 1.00 bits per heavy atom. The predicted octanol–water partition coefficient (Wildman–Crippen LogP) is 4.31. The highest BCUT2D eigenvalue weighted by Crippen LogP contribution is 2.40. The Morgan fingerprint density at radius 2 is 1.71 bits per heavy atom. The number of benzene rings is 2. The lowest BCUT2D eigenvalue weighted by atomic mass is 10.1. The van der Waals surface area contributed by atoms with Crippen LogP contribution in [0.3, 0.4) is 0 Å². The Balaban J connectivity index is 0.000000199. The van der Waals surface area contributed by atoms with Crippen molar-refractivity contribution in [2.45, 2.75) is 26.2 Å². The van der Waals surface area contributed by atoms with E-state index in [0.717, 1.165) is 12.0 Å². The van der Waals surface area contributed by atoms with E-state index in [1.807, 2.05) is 18.2 Å². The highest BCUT2D eigenvalue weighted by atomic mass is 16.3. The minimum atomic E-state index is 0.415. The van der Waals surface area contributed by atoms with Gasteiger partial charge in [0.1, 0.15) is 5.75 Å². The molecule has 2 nitrogen and oxygen atoms in total. The number of nitrogens with zero attached hydrogens (tertiary/aromatic N) is 1. The molecule has 0 heterocycles. The van der Waals surface area contributed by atoms with Gasteiger partial charge in [0.25, 0.3) is 0 Å². The quantitative estimate of drug-likeness (QED) is 0.774. The largest absolute Gasteiger partial charge is 0.508 e. The van der Waals surface area contributed by atoms with Crippen molar-refractivity contribution in [3.05, 3.63) is 53.6 Å². The molecule has 112 valence electrons. The van der Waals surface area contributed by atoms with Crippen LogP contribution < -0.4 is 0 Å². The maximum absolute atomic E-state index is 9.70. The zero-order valence-corrected chi connectivity index (χ0v) is 13.3. The van der Waals surface area contributed by atoms with Crippen molar-refractivity contribution in [3.8, 4) is 16.9 Å². The fraction of sp³-hybridized carbons (Fsp3) is 0.368. The zero-order valence-electron chi connectivity index (χ0n) is 13.3. The molecule has 1 aliphatic carbocycles. The molecule has 0 atom stereocenters. The van der Waals surface area contributed by atoms with E-state index < -0.39 is 0 Å². The summed E-state index contributed by atoms with van der Waals surface area (Å²) >= 11 is 0. The molecule has 0 unspecified atom stereocenters. The first-order valence-corrected chi connectivity index (χ1v) is 7.67. The molecule has 21 heavy (non-hydrogen) atoms. The summed E-state index contributed by atoms with van der Waals surface area (Å²) in [5.41, 5.74) is 4.82. The molecule has 1 aliphatic rings. The lowest BCUT2D eigenvalue weighted by molar-refractivity contribution is 0.398. The van der Waals surface area contributed by atoms with Crippen LogP contribution in [0.15, 0.2) is 42.5 Å². The SMILES string of the molecule is CCCCN(C)C.Oc1cccc2c1Cc1ccccc1-2. The smallest absolute Gasteiger partial charge is 0.119 e. The summed E-state index contributed by atoms with van der Waals surface area (Å²) in [6.07, 6.45) is 3.49. The first-order valence-electron chi connectivity index (χ1n) is 7.67. The molecule has 0 bridgehead atoms. The van der Waals surface area contributed by atoms with Crippen LogP contribution >= 0.6 is 0 Å². The van der Waals surface area contributed by atoms with Gasteiger partial charge in [-0.2, -0.15) is 0 Å². The van der Waals surface area contributed by atoms with Crippen LogP contribution in [-0.2, 0) is 6.42 Å². The number of hydrogen-bond donors (Lipinski definition) is 1. The van der Waals surface area contributed by atoms with Gasteiger partial charge in [-0.05, 0) is 49.8 Å². The molecule has 0 saturated heterocycles. The van der Waals surface area contributed by atoms with Gasteiger partial charge < -0.3 is 10.0 Å². The average Bonchev–Trinajstić information content (AvgIpc) is 2.86. The molecule has 2 aromatic rings. The average molecular weight is 283 g/mol. The van der Waals surface area contributed by atoms with E-state index in [9.17, 15) is 5.11 Å². The third-order valence-electron chi connectivity index (χ3n) is 3.78. The van der Waals surface area contributed by atoms with Gasteiger partial charge in [-0.1, -0.05) is 49.7 Å². The molecule has 0 fully saturated rings. The lowest BCUT2D eigenvalue weighted by Gasteiger charge is -2.05. The number of hydrogen-bond acceptors (Lipinski definition) is 2. The van der Waals surface area contributed by atoms with Crippen molar-refractivity contribution >= 4 is 0 Å². The molecule has 0 spiro atoms. The zero-order chi connectivity index (χ0) is 15.2. The van der Waals surface area contributed by atoms with Gasteiger partial charge in [-0.3, -0.25) is 0 Å². The summed E-state index contributed by atoms with van der Waals surface area (Å²) in [7, 11) is 4.21. The van der Waals surface area contributed by atoms with Gasteiger partial charge in [0.05, 0.1) is 0 Å². The minimum absolute atomic E-state index is 0.415. The molecule has 2 heteroatoms. The van der Waals surface area contributed by atoms with E-state index in [0.29, 0.717) is 5.75 Å². The van der Waals surface area contributed by atoms with E-state index in [-0.39, 0.29) is 0 Å². The molecular formula is C19H25NO. The van der Waals surface area contributed by atoms with Crippen molar-refractivity contribution in [2.75, 3.05) is 20.6 Å². The van der Waals surface area contributed by atoms with E-state index >= 15 is 0 Å². The normalized spacial score (nSPS) is 11.6. The van der Waals surface area contributed by atoms with Gasteiger partial charge in [-0.15, -0.1) is 0 Å². The van der Waals surface area contributed by atoms with E-state index in [1.165, 1.54) is 36.1 Å². The lowest BCUT2D eigenvalue weighted by Crippen LogP contribution is -2.12. The third kappa shape index (κ3) is 3.85. The molecule has 1 N–H and O–H groups in total. The Morgan fingerprint density at radius 3 is 2.38 bits per heavy atom. The standard InChI is InChI=1S/C13H10O.C6H15N/c14-13-7-3-6-11-10-5-2-1-4-9(10)8-12(11)13;1-4-5-6-7(2)3/h1-7,14H,8H2;4-6H2,1-3H3. The van der Waals surface area contributed by atoms with Gasteiger partial charge >= 0.3 is 0 Å². The van der Waals surface area contributed by atoms with E-state index in [4.69, 9.17) is 0 Å². The molecule has 0 aliphatic heterocycles. The fourth-order valence-electron chi connectivity index (χ4n) is 2.61. The van der Waals surface area contributed by atoms with E-state index in [2.05, 4.69) is 44.1 Å². The van der Waals surface area contributed by atoms with Crippen molar-refractivity contribution in [3.63, 3.8) is 0 Å². The first kappa shape index (κ1) is 15.6. The van der Waals surface area contributed by atoms with Gasteiger partial charge in [0.2, 0.25) is 0 Å². The Hall–Kier alpha value is -1.80. The molecular weight excluding hydrogens is 258 g/mol. The summed E-state index contributed by atoms with van der Waals surface area (Å²) in [6.45, 7) is 3.44. The summed E-state index contributed by atoms with van der Waals surface area (Å²) < 4.78 is 0. The molecule has 3 rings (SSSR count). The number of rotatable bonds is 3. The van der Waals surface area contributed by atoms with Crippen LogP contribution in [-0.4, -0.2) is 30.6 Å². The highest BCUT2D eigenvalue weighted by Gasteiger charge is 2.19. The number of phenols is 1. The maximum atomic E-state index is 9.70. The Labute approximate surface area is 128 Å². The number of unbranched alkanes of at least 4 members (excludes halogenated alkanes) is 1. The van der Waals surface area contributed by atoms with Gasteiger partial charge in [-0.25, -0.2) is 0 Å². The highest BCUT2D eigenvalue weighted by molar-refractivity contribution is 5.78. The summed E-state index contributed by atoms with van der Waals surface area (Å²) in [4.78, 5) is 2.21. The van der Waals surface area contributed by atoms with Crippen molar-refractivity contribution < 1.29 is 5.11 Å². The topological polar surface area (TPSA) is 23.5 Å². The van der Waals surface area contributed by atoms with Gasteiger partial charge in [0.15, 0.2) is 0 Å². The monoisotopic (exact) mass is 283 g/mol. The van der Waals surface area contributed by atoms with Crippen LogP contribution in [0.4, 0.5) is 0 Å². The van der Waals surface area contributed by atoms with Crippen LogP contribution in [0.2, 0.25) is 0 Å². The third-order valence-corrected chi connectivity index (χ3v) is 3.78. The maximum Gasteiger partial charge on any atom is 0.119 e. The Bertz CT molecular complexity index is 590. The number of phenolic OH excluding ortho intramolecular Hbond substituents is 1. The Kier molecular flexibility index (Phi) is 5.40. The van der Waals surface area contributed by atoms with Crippen molar-refractivity contribution in [2.24, 2.45) is 0 Å². The van der Waals surface area contributed by atoms with Crippen molar-refractivity contribution in [1.82, 2.24) is 4.90 Å². The molecule has 0 amide bonds. The first-order chi connectivity index (χ1) is 10.1. The van der Waals surface area contributed by atoms with Crippen LogP contribution in [0.1, 0.15) is 30.9 Å². The second-order valence-corrected chi connectivity index (χ2v) is 5.79. The summed E-state index contributed by atoms with van der Waals surface area (Å²) in [5.74, 6) is 0.415. The fourth-order valence-corrected chi connectivity index (χ4v) is 2.61. The second kappa shape index (κ2) is 7.28. The van der Waals surface area contributed by atoms with Gasteiger partial charge in [0, 0.05) is 12.0 Å². The number of aromatic hydroxyl groups is 1.